The van der Waals surface area contributed by atoms with Gasteiger partial charge in [0.1, 0.15) is 0 Å². The van der Waals surface area contributed by atoms with Crippen molar-refractivity contribution < 1.29 is 14.7 Å². The Morgan fingerprint density at radius 1 is 1.47 bits per heavy atom. The van der Waals surface area contributed by atoms with Gasteiger partial charge in [-0.3, -0.25) is 4.79 Å². The summed E-state index contributed by atoms with van der Waals surface area (Å²) in [4.78, 5) is 11.7. The van der Waals surface area contributed by atoms with Gasteiger partial charge in [0.25, 0.3) is 0 Å². The Hall–Kier alpha value is -0.610. The number of esters is 1. The van der Waals surface area contributed by atoms with E-state index in [4.69, 9.17) is 4.74 Å². The van der Waals surface area contributed by atoms with E-state index in [-0.39, 0.29) is 17.4 Å². The fourth-order valence-electron chi connectivity index (χ4n) is 2.38. The highest BCUT2D eigenvalue weighted by atomic mass is 16.5. The van der Waals surface area contributed by atoms with Gasteiger partial charge in [0.05, 0.1) is 18.1 Å². The predicted octanol–water partition coefficient (Wildman–Crippen LogP) is 1.82. The Kier molecular flexibility index (Phi) is 3.12. The molecule has 1 atom stereocenters. The van der Waals surface area contributed by atoms with Gasteiger partial charge in [-0.1, -0.05) is 0 Å². The van der Waals surface area contributed by atoms with Gasteiger partial charge in [-0.2, -0.15) is 5.06 Å². The molecule has 1 unspecified atom stereocenters. The first kappa shape index (κ1) is 12.5. The van der Waals surface area contributed by atoms with E-state index in [1.54, 1.807) is 6.92 Å². The molecule has 4 nitrogen and oxygen atoms in total. The maximum absolute atomic E-state index is 11.7. The average molecular weight is 215 g/mol. The smallest absolute Gasteiger partial charge is 0.310 e. The largest absolute Gasteiger partial charge is 0.466 e. The van der Waals surface area contributed by atoms with Gasteiger partial charge in [-0.05, 0) is 41.0 Å². The minimum atomic E-state index is -0.560. The molecule has 1 heterocycles. The van der Waals surface area contributed by atoms with Gasteiger partial charge < -0.3 is 9.94 Å². The molecule has 0 bridgehead atoms. The van der Waals surface area contributed by atoms with Gasteiger partial charge in [0, 0.05) is 5.54 Å². The lowest BCUT2D eigenvalue weighted by Crippen LogP contribution is -2.48. The molecule has 0 aromatic carbocycles. The average Bonchev–Trinajstić information content (AvgIpc) is 2.27. The Labute approximate surface area is 91.2 Å². The lowest BCUT2D eigenvalue weighted by Gasteiger charge is -2.35. The highest BCUT2D eigenvalue weighted by Crippen LogP contribution is 2.43. The van der Waals surface area contributed by atoms with E-state index in [0.717, 1.165) is 0 Å². The van der Waals surface area contributed by atoms with Crippen LogP contribution in [0.5, 0.6) is 0 Å². The fourth-order valence-corrected chi connectivity index (χ4v) is 2.38. The normalized spacial score (nSPS) is 29.1. The highest BCUT2D eigenvalue weighted by molar-refractivity contribution is 5.74. The molecule has 15 heavy (non-hydrogen) atoms. The topological polar surface area (TPSA) is 49.8 Å². The number of ether oxygens (including phenoxy) is 1. The van der Waals surface area contributed by atoms with Crippen molar-refractivity contribution in [1.82, 2.24) is 5.06 Å². The number of nitrogens with zero attached hydrogens (tertiary/aromatic N) is 1. The van der Waals surface area contributed by atoms with Crippen LogP contribution in [0, 0.1) is 5.92 Å². The molecule has 1 aliphatic heterocycles. The van der Waals surface area contributed by atoms with Crippen molar-refractivity contribution in [3.8, 4) is 0 Å². The van der Waals surface area contributed by atoms with E-state index in [0.29, 0.717) is 13.0 Å². The first-order valence-electron chi connectivity index (χ1n) is 5.39. The molecule has 1 fully saturated rings. The zero-order valence-corrected chi connectivity index (χ0v) is 10.2. The van der Waals surface area contributed by atoms with E-state index >= 15 is 0 Å². The zero-order valence-electron chi connectivity index (χ0n) is 10.2. The van der Waals surface area contributed by atoms with E-state index in [9.17, 15) is 10.0 Å². The summed E-state index contributed by atoms with van der Waals surface area (Å²) in [5, 5.41) is 11.3. The molecular weight excluding hydrogens is 194 g/mol. The third-order valence-electron chi connectivity index (χ3n) is 3.25. The summed E-state index contributed by atoms with van der Waals surface area (Å²) in [5.74, 6) is -0.482. The third kappa shape index (κ3) is 2.01. The molecule has 1 N–H and O–H groups in total. The molecule has 0 amide bonds. The Morgan fingerprint density at radius 2 is 2.00 bits per heavy atom. The van der Waals surface area contributed by atoms with Crippen molar-refractivity contribution in [3.63, 3.8) is 0 Å². The van der Waals surface area contributed by atoms with Crippen LogP contribution in [0.3, 0.4) is 0 Å². The summed E-state index contributed by atoms with van der Waals surface area (Å²) in [6.45, 7) is 9.76. The second-order valence-electron chi connectivity index (χ2n) is 5.29. The summed E-state index contributed by atoms with van der Waals surface area (Å²) in [5.41, 5.74) is -0.934. The van der Waals surface area contributed by atoms with Gasteiger partial charge in [0.15, 0.2) is 0 Å². The lowest BCUT2D eigenvalue weighted by atomic mass is 9.87. The summed E-state index contributed by atoms with van der Waals surface area (Å²) in [7, 11) is 0. The van der Waals surface area contributed by atoms with Crippen LogP contribution >= 0.6 is 0 Å². The number of rotatable bonds is 2. The molecular formula is C11H21NO3. The van der Waals surface area contributed by atoms with Crippen molar-refractivity contribution in [1.29, 1.82) is 0 Å². The van der Waals surface area contributed by atoms with Gasteiger partial charge in [-0.25, -0.2) is 0 Å². The molecule has 1 aliphatic rings. The van der Waals surface area contributed by atoms with Crippen LogP contribution in [0.4, 0.5) is 0 Å². The van der Waals surface area contributed by atoms with Crippen molar-refractivity contribution in [2.24, 2.45) is 5.92 Å². The monoisotopic (exact) mass is 215 g/mol. The van der Waals surface area contributed by atoms with E-state index in [1.807, 2.05) is 27.7 Å². The number of carbonyl (C=O) groups excluding carboxylic acids is 1. The molecule has 0 aromatic heterocycles. The highest BCUT2D eigenvalue weighted by Gasteiger charge is 2.54. The SMILES string of the molecule is CCOC(=O)C1CC(C)(C)N(O)C1(C)C. The number of hydrogen-bond acceptors (Lipinski definition) is 4. The molecule has 0 spiro atoms. The first-order valence-corrected chi connectivity index (χ1v) is 5.39. The van der Waals surface area contributed by atoms with Crippen molar-refractivity contribution >= 4 is 5.97 Å². The van der Waals surface area contributed by atoms with Crippen LogP contribution in [-0.4, -0.2) is 33.9 Å². The molecule has 0 aliphatic carbocycles. The predicted molar refractivity (Wildman–Crippen MR) is 56.5 cm³/mol. The second kappa shape index (κ2) is 3.76. The second-order valence-corrected chi connectivity index (χ2v) is 5.29. The Morgan fingerprint density at radius 3 is 2.33 bits per heavy atom. The Balaban J connectivity index is 2.89. The fraction of sp³-hybridized carbons (Fsp3) is 0.909. The molecule has 4 heteroatoms. The van der Waals surface area contributed by atoms with E-state index < -0.39 is 5.54 Å². The maximum Gasteiger partial charge on any atom is 0.310 e. The molecule has 1 saturated heterocycles. The number of hydroxylamine groups is 2. The van der Waals surface area contributed by atoms with Crippen LogP contribution in [-0.2, 0) is 9.53 Å². The number of carbonyl (C=O) groups is 1. The molecule has 88 valence electrons. The molecule has 0 radical (unpaired) electrons. The lowest BCUT2D eigenvalue weighted by molar-refractivity contribution is -0.200. The van der Waals surface area contributed by atoms with E-state index in [2.05, 4.69) is 0 Å². The minimum absolute atomic E-state index is 0.216. The van der Waals surface area contributed by atoms with Crippen LogP contribution < -0.4 is 0 Å². The number of hydrogen-bond donors (Lipinski definition) is 1. The molecule has 0 aromatic rings. The zero-order chi connectivity index (χ0) is 11.9. The van der Waals surface area contributed by atoms with Crippen molar-refractivity contribution in [2.45, 2.75) is 52.1 Å². The molecule has 1 rings (SSSR count). The third-order valence-corrected chi connectivity index (χ3v) is 3.25. The first-order chi connectivity index (χ1) is 6.73. The maximum atomic E-state index is 11.7. The quantitative estimate of drug-likeness (QED) is 0.714. The van der Waals surface area contributed by atoms with Gasteiger partial charge >= 0.3 is 5.97 Å². The summed E-state index contributed by atoms with van der Waals surface area (Å²) >= 11 is 0. The van der Waals surface area contributed by atoms with Crippen LogP contribution in [0.1, 0.15) is 41.0 Å². The van der Waals surface area contributed by atoms with Crippen molar-refractivity contribution in [2.75, 3.05) is 6.61 Å². The molecule has 0 saturated carbocycles. The summed E-state index contributed by atoms with van der Waals surface area (Å²) in [6, 6.07) is 0. The summed E-state index contributed by atoms with van der Waals surface area (Å²) in [6.07, 6.45) is 0.620. The summed E-state index contributed by atoms with van der Waals surface area (Å²) < 4.78 is 5.03. The van der Waals surface area contributed by atoms with Crippen LogP contribution in [0.15, 0.2) is 0 Å². The Bertz CT molecular complexity index is 261. The standard InChI is InChI=1S/C11H21NO3/c1-6-15-9(13)8-7-10(2,3)12(14)11(8,4)5/h8,14H,6-7H2,1-5H3. The van der Waals surface area contributed by atoms with Gasteiger partial charge in [-0.15, -0.1) is 0 Å². The minimum Gasteiger partial charge on any atom is -0.466 e. The van der Waals surface area contributed by atoms with Gasteiger partial charge in [0.2, 0.25) is 0 Å². The van der Waals surface area contributed by atoms with Crippen molar-refractivity contribution in [3.05, 3.63) is 0 Å². The van der Waals surface area contributed by atoms with E-state index in [1.165, 1.54) is 5.06 Å². The van der Waals surface area contributed by atoms with Crippen LogP contribution in [0.25, 0.3) is 0 Å². The van der Waals surface area contributed by atoms with Crippen LogP contribution in [0.2, 0.25) is 0 Å².